The number of carbonyl (C=O) groups excluding carboxylic acids is 1. The first-order chi connectivity index (χ1) is 13.2. The molecule has 0 bridgehead atoms. The predicted molar refractivity (Wildman–Crippen MR) is 112 cm³/mol. The molecule has 150 valence electrons. The molecule has 2 N–H and O–H groups in total. The average molecular weight is 441 g/mol. The van der Waals surface area contributed by atoms with Crippen molar-refractivity contribution in [2.75, 3.05) is 16.2 Å². The topological polar surface area (TPSA) is 92.3 Å². The number of rotatable bonds is 5. The molecule has 0 aromatic heterocycles. The van der Waals surface area contributed by atoms with Crippen LogP contribution in [0.25, 0.3) is 0 Å². The first-order valence-corrected chi connectivity index (χ1v) is 12.1. The number of nitrogens with one attached hydrogen (secondary N) is 2. The molecule has 2 aromatic carbocycles. The van der Waals surface area contributed by atoms with Crippen LogP contribution in [0.1, 0.15) is 27.9 Å². The third-order valence-corrected chi connectivity index (χ3v) is 7.84. The minimum atomic E-state index is -3.89. The highest BCUT2D eigenvalue weighted by Crippen LogP contribution is 2.24. The van der Waals surface area contributed by atoms with Crippen molar-refractivity contribution in [2.45, 2.75) is 31.2 Å². The molecule has 1 amide bonds. The fraction of sp³-hybridized carbons (Fsp3) is 0.316. The van der Waals surface area contributed by atoms with Crippen LogP contribution >= 0.6 is 11.6 Å². The third-order valence-electron chi connectivity index (χ3n) is 4.67. The highest BCUT2D eigenvalue weighted by Gasteiger charge is 2.25. The van der Waals surface area contributed by atoms with Crippen molar-refractivity contribution in [1.29, 1.82) is 0 Å². The Hall–Kier alpha value is -1.90. The van der Waals surface area contributed by atoms with Crippen LogP contribution in [0.15, 0.2) is 41.3 Å². The van der Waals surface area contributed by atoms with E-state index in [4.69, 9.17) is 11.6 Å². The quantitative estimate of drug-likeness (QED) is 0.747. The van der Waals surface area contributed by atoms with Crippen LogP contribution in [0.4, 0.5) is 5.69 Å². The first-order valence-electron chi connectivity index (χ1n) is 8.71. The summed E-state index contributed by atoms with van der Waals surface area (Å²) in [6.45, 7) is 3.84. The van der Waals surface area contributed by atoms with Gasteiger partial charge >= 0.3 is 0 Å². The van der Waals surface area contributed by atoms with Crippen molar-refractivity contribution < 1.29 is 17.4 Å². The zero-order valence-electron chi connectivity index (χ0n) is 15.5. The normalized spacial score (nSPS) is 19.4. The number of amides is 1. The van der Waals surface area contributed by atoms with Gasteiger partial charge in [-0.25, -0.2) is 8.42 Å². The van der Waals surface area contributed by atoms with Gasteiger partial charge in [0.2, 0.25) is 0 Å². The van der Waals surface area contributed by atoms with E-state index in [1.54, 1.807) is 12.1 Å². The second kappa shape index (κ2) is 8.23. The average Bonchev–Trinajstić information content (AvgIpc) is 3.02. The van der Waals surface area contributed by atoms with E-state index in [9.17, 15) is 17.4 Å². The summed E-state index contributed by atoms with van der Waals surface area (Å²) in [5.41, 5.74) is 2.53. The molecule has 2 aromatic rings. The highest BCUT2D eigenvalue weighted by atomic mass is 35.5. The molecule has 1 aliphatic rings. The smallest absolute Gasteiger partial charge is 0.261 e. The van der Waals surface area contributed by atoms with E-state index in [2.05, 4.69) is 10.0 Å². The number of aryl methyl sites for hydroxylation is 2. The van der Waals surface area contributed by atoms with Gasteiger partial charge in [-0.3, -0.25) is 13.7 Å². The van der Waals surface area contributed by atoms with Gasteiger partial charge in [-0.2, -0.15) is 0 Å². The Kier molecular flexibility index (Phi) is 6.12. The SMILES string of the molecule is Cc1ccc(NS(=O)(=O)c2ccc(Cl)c(C(=O)N[C@@H]3CC[S@](=O)C3)c2)cc1C. The largest absolute Gasteiger partial charge is 0.348 e. The van der Waals surface area contributed by atoms with Crippen LogP contribution in [0, 0.1) is 13.8 Å². The monoisotopic (exact) mass is 440 g/mol. The molecule has 0 saturated carbocycles. The molecule has 0 aliphatic carbocycles. The lowest BCUT2D eigenvalue weighted by atomic mass is 10.1. The van der Waals surface area contributed by atoms with E-state index < -0.39 is 26.7 Å². The van der Waals surface area contributed by atoms with Gasteiger partial charge in [0.25, 0.3) is 15.9 Å². The van der Waals surface area contributed by atoms with E-state index in [0.717, 1.165) is 11.1 Å². The predicted octanol–water partition coefficient (Wildman–Crippen LogP) is 3.01. The fourth-order valence-electron chi connectivity index (χ4n) is 2.91. The standard InChI is InChI=1S/C19H21ClN2O4S2/c1-12-3-4-14(9-13(12)2)22-28(25,26)16-5-6-18(20)17(10-16)19(23)21-15-7-8-27(24)11-15/h3-6,9-10,15,22H,7-8,11H2,1-2H3,(H,21,23)/t15-,27+/m1/s1. The van der Waals surface area contributed by atoms with Crippen LogP contribution in [0.3, 0.4) is 0 Å². The summed E-state index contributed by atoms with van der Waals surface area (Å²) < 4.78 is 39.5. The van der Waals surface area contributed by atoms with Gasteiger partial charge in [-0.1, -0.05) is 17.7 Å². The molecule has 28 heavy (non-hydrogen) atoms. The van der Waals surface area contributed by atoms with Crippen molar-refractivity contribution in [2.24, 2.45) is 0 Å². The second-order valence-electron chi connectivity index (χ2n) is 6.82. The fourth-order valence-corrected chi connectivity index (χ4v) is 5.60. The Balaban J connectivity index is 1.83. The van der Waals surface area contributed by atoms with Crippen LogP contribution < -0.4 is 10.0 Å². The van der Waals surface area contributed by atoms with Crippen LogP contribution in [0.5, 0.6) is 0 Å². The minimum Gasteiger partial charge on any atom is -0.348 e. The summed E-state index contributed by atoms with van der Waals surface area (Å²) in [5, 5.41) is 2.93. The van der Waals surface area contributed by atoms with Crippen LogP contribution in [-0.2, 0) is 20.8 Å². The Labute approximate surface area is 172 Å². The lowest BCUT2D eigenvalue weighted by Crippen LogP contribution is -2.35. The van der Waals surface area contributed by atoms with E-state index in [0.29, 0.717) is 23.6 Å². The summed E-state index contributed by atoms with van der Waals surface area (Å²) in [7, 11) is -4.82. The molecule has 1 heterocycles. The molecule has 9 heteroatoms. The molecular formula is C19H21ClN2O4S2. The van der Waals surface area contributed by atoms with E-state index >= 15 is 0 Å². The van der Waals surface area contributed by atoms with Crippen molar-refractivity contribution in [3.05, 3.63) is 58.1 Å². The molecular weight excluding hydrogens is 420 g/mol. The number of benzene rings is 2. The molecule has 0 unspecified atom stereocenters. The van der Waals surface area contributed by atoms with Gasteiger partial charge in [0.1, 0.15) is 0 Å². The Bertz CT molecular complexity index is 1050. The number of sulfonamides is 1. The maximum Gasteiger partial charge on any atom is 0.261 e. The summed E-state index contributed by atoms with van der Waals surface area (Å²) in [6, 6.07) is 9.07. The van der Waals surface area contributed by atoms with Gasteiger partial charge in [-0.15, -0.1) is 0 Å². The van der Waals surface area contributed by atoms with Crippen molar-refractivity contribution in [3.63, 3.8) is 0 Å². The minimum absolute atomic E-state index is 0.0599. The number of hydrogen-bond acceptors (Lipinski definition) is 4. The Morgan fingerprint density at radius 3 is 2.54 bits per heavy atom. The molecule has 0 spiro atoms. The third kappa shape index (κ3) is 4.74. The number of anilines is 1. The maximum absolute atomic E-state index is 12.7. The van der Waals surface area contributed by atoms with E-state index in [-0.39, 0.29) is 21.5 Å². The zero-order chi connectivity index (χ0) is 20.5. The van der Waals surface area contributed by atoms with Gasteiger partial charge in [0.05, 0.1) is 15.5 Å². The number of hydrogen-bond donors (Lipinski definition) is 2. The summed E-state index contributed by atoms with van der Waals surface area (Å²) in [6.07, 6.45) is 0.627. The Morgan fingerprint density at radius 1 is 1.14 bits per heavy atom. The molecule has 2 atom stereocenters. The van der Waals surface area contributed by atoms with Crippen LogP contribution in [-0.4, -0.2) is 36.1 Å². The lowest BCUT2D eigenvalue weighted by molar-refractivity contribution is 0.0941. The molecule has 0 radical (unpaired) electrons. The summed E-state index contributed by atoms with van der Waals surface area (Å²) in [5.74, 6) is 0.472. The van der Waals surface area contributed by atoms with Crippen molar-refractivity contribution in [1.82, 2.24) is 5.32 Å². The molecule has 1 saturated heterocycles. The number of halogens is 1. The summed E-state index contributed by atoms with van der Waals surface area (Å²) in [4.78, 5) is 12.5. The maximum atomic E-state index is 12.7. The zero-order valence-corrected chi connectivity index (χ0v) is 17.9. The molecule has 1 fully saturated rings. The van der Waals surface area contributed by atoms with E-state index in [1.807, 2.05) is 19.9 Å². The second-order valence-corrected chi connectivity index (χ2v) is 10.5. The molecule has 6 nitrogen and oxygen atoms in total. The first kappa shape index (κ1) is 20.8. The molecule has 1 aliphatic heterocycles. The van der Waals surface area contributed by atoms with Crippen molar-refractivity contribution in [3.8, 4) is 0 Å². The van der Waals surface area contributed by atoms with Crippen molar-refractivity contribution >= 4 is 44.0 Å². The van der Waals surface area contributed by atoms with E-state index in [1.165, 1.54) is 18.2 Å². The van der Waals surface area contributed by atoms with Gasteiger partial charge < -0.3 is 5.32 Å². The summed E-state index contributed by atoms with van der Waals surface area (Å²) >= 11 is 6.12. The van der Waals surface area contributed by atoms with Gasteiger partial charge in [-0.05, 0) is 61.7 Å². The number of carbonyl (C=O) groups is 1. The Morgan fingerprint density at radius 2 is 1.89 bits per heavy atom. The van der Waals surface area contributed by atoms with Gasteiger partial charge in [0.15, 0.2) is 0 Å². The lowest BCUT2D eigenvalue weighted by Gasteiger charge is -2.14. The highest BCUT2D eigenvalue weighted by molar-refractivity contribution is 7.92. The van der Waals surface area contributed by atoms with Crippen LogP contribution in [0.2, 0.25) is 5.02 Å². The van der Waals surface area contributed by atoms with Gasteiger partial charge in [0, 0.05) is 34.0 Å². The molecule has 3 rings (SSSR count).